The zero-order chi connectivity index (χ0) is 23.9. The number of nitrogens with zero attached hydrogens (tertiary/aromatic N) is 5. The molecule has 0 aliphatic carbocycles. The summed E-state index contributed by atoms with van der Waals surface area (Å²) < 4.78 is 5.57. The minimum absolute atomic E-state index is 0.125. The second kappa shape index (κ2) is 12.2. The van der Waals surface area contributed by atoms with Crippen molar-refractivity contribution in [3.8, 4) is 0 Å². The standard InChI is InChI=1S/C9H12BrClN2O.C9H13ClN2O.BHNS/c1-9(2,3)13-8(14)6(4-10)7(11)5-12-13;1-6-7(10)5-11-12(8(6)13)9(2,3)4;1-2-3/h5H,4H2,1-3H3;5H,1-4H3;3H. The number of thiol groups is 1. The van der Waals surface area contributed by atoms with Crippen LogP contribution in [0.25, 0.3) is 0 Å². The van der Waals surface area contributed by atoms with Gasteiger partial charge in [-0.2, -0.15) is 10.2 Å². The van der Waals surface area contributed by atoms with E-state index in [9.17, 15) is 9.59 Å². The molecule has 1 radical (unpaired) electrons. The van der Waals surface area contributed by atoms with Crippen LogP contribution in [0.2, 0.25) is 10.0 Å². The number of hydrogen-bond donors (Lipinski definition) is 1. The topological polar surface area (TPSA) is 82.1 Å². The molecule has 2 heterocycles. The van der Waals surface area contributed by atoms with Gasteiger partial charge in [0.1, 0.15) is 0 Å². The molecule has 0 saturated heterocycles. The molecule has 0 bridgehead atoms. The van der Waals surface area contributed by atoms with Crippen molar-refractivity contribution in [2.75, 3.05) is 0 Å². The van der Waals surface area contributed by atoms with E-state index in [1.807, 2.05) is 41.5 Å². The Labute approximate surface area is 202 Å². The molecule has 165 valence electrons. The van der Waals surface area contributed by atoms with E-state index in [1.54, 1.807) is 6.92 Å². The molecular formula is C18H26BBrCl2N5O2S. The average Bonchev–Trinajstić information content (AvgIpc) is 2.59. The Morgan fingerprint density at radius 1 is 1.00 bits per heavy atom. The van der Waals surface area contributed by atoms with E-state index in [-0.39, 0.29) is 22.2 Å². The van der Waals surface area contributed by atoms with Crippen LogP contribution in [0.15, 0.2) is 26.3 Å². The van der Waals surface area contributed by atoms with E-state index >= 15 is 0 Å². The molecule has 0 atom stereocenters. The van der Waals surface area contributed by atoms with Gasteiger partial charge in [-0.15, -0.1) is 0 Å². The van der Waals surface area contributed by atoms with Crippen molar-refractivity contribution in [2.45, 2.75) is 64.9 Å². The third-order valence-electron chi connectivity index (χ3n) is 3.59. The summed E-state index contributed by atoms with van der Waals surface area (Å²) in [6.07, 6.45) is 3.01. The van der Waals surface area contributed by atoms with E-state index in [4.69, 9.17) is 23.2 Å². The summed E-state index contributed by atoms with van der Waals surface area (Å²) in [5, 5.41) is 9.27. The monoisotopic (exact) mass is 536 g/mol. The van der Waals surface area contributed by atoms with Crippen LogP contribution in [0.1, 0.15) is 52.7 Å². The summed E-state index contributed by atoms with van der Waals surface area (Å²) in [6.45, 7) is 13.3. The van der Waals surface area contributed by atoms with Gasteiger partial charge in [0.25, 0.3) is 11.1 Å². The molecule has 0 fully saturated rings. The summed E-state index contributed by atoms with van der Waals surface area (Å²) >= 11 is 18.0. The van der Waals surface area contributed by atoms with Crippen LogP contribution in [0.4, 0.5) is 0 Å². The first kappa shape index (κ1) is 29.0. The number of halogens is 3. The normalized spacial score (nSPS) is 11.0. The quantitative estimate of drug-likeness (QED) is 0.325. The van der Waals surface area contributed by atoms with Crippen molar-refractivity contribution < 1.29 is 0 Å². The van der Waals surface area contributed by atoms with E-state index in [0.29, 0.717) is 26.5 Å². The van der Waals surface area contributed by atoms with Crippen LogP contribution in [-0.4, -0.2) is 27.2 Å². The van der Waals surface area contributed by atoms with Crippen molar-refractivity contribution in [1.82, 2.24) is 19.6 Å². The molecule has 0 N–H and O–H groups in total. The molecule has 0 aliphatic heterocycles. The van der Waals surface area contributed by atoms with E-state index < -0.39 is 0 Å². The van der Waals surface area contributed by atoms with Crippen molar-refractivity contribution in [2.24, 2.45) is 4.30 Å². The van der Waals surface area contributed by atoms with Crippen molar-refractivity contribution >= 4 is 59.6 Å². The SMILES string of the molecule is CC(C)(C)n1ncc(Cl)c(CBr)c1=O.Cc1c(Cl)cnn(C(C)(C)C)c1=O.[B]=NS. The van der Waals surface area contributed by atoms with Crippen LogP contribution < -0.4 is 11.1 Å². The number of rotatable bonds is 1. The fraction of sp³-hybridized carbons (Fsp3) is 0.556. The average molecular weight is 538 g/mol. The molecule has 0 unspecified atom stereocenters. The number of aromatic nitrogens is 4. The Morgan fingerprint density at radius 3 is 1.73 bits per heavy atom. The Balaban J connectivity index is 0.000000497. The van der Waals surface area contributed by atoms with Gasteiger partial charge in [-0.1, -0.05) is 39.1 Å². The van der Waals surface area contributed by atoms with Crippen LogP contribution in [0, 0.1) is 6.92 Å². The Bertz CT molecular complexity index is 984. The Morgan fingerprint density at radius 2 is 1.37 bits per heavy atom. The van der Waals surface area contributed by atoms with Crippen LogP contribution in [-0.2, 0) is 16.4 Å². The van der Waals surface area contributed by atoms with Crippen LogP contribution in [0.3, 0.4) is 0 Å². The van der Waals surface area contributed by atoms with Gasteiger partial charge in [0.15, 0.2) is 0 Å². The summed E-state index contributed by atoms with van der Waals surface area (Å²) in [5.41, 5.74) is 0.218. The van der Waals surface area contributed by atoms with Gasteiger partial charge in [-0.3, -0.25) is 9.59 Å². The van der Waals surface area contributed by atoms with Crippen LogP contribution in [0.5, 0.6) is 0 Å². The number of hydrogen-bond acceptors (Lipinski definition) is 6. The van der Waals surface area contributed by atoms with Gasteiger partial charge in [0, 0.05) is 16.5 Å². The first-order valence-electron chi connectivity index (χ1n) is 8.75. The molecule has 2 rings (SSSR count). The van der Waals surface area contributed by atoms with E-state index in [0.717, 1.165) is 0 Å². The predicted molar refractivity (Wildman–Crippen MR) is 132 cm³/mol. The molecule has 0 amide bonds. The van der Waals surface area contributed by atoms with Gasteiger partial charge >= 0.3 is 24.8 Å². The van der Waals surface area contributed by atoms with Gasteiger partial charge < -0.3 is 0 Å². The first-order valence-corrected chi connectivity index (χ1v) is 11.0. The van der Waals surface area contributed by atoms with Gasteiger partial charge in [-0.05, 0) is 48.5 Å². The third kappa shape index (κ3) is 8.28. The molecule has 0 saturated carbocycles. The van der Waals surface area contributed by atoms with Gasteiger partial charge in [0.05, 0.1) is 33.5 Å². The van der Waals surface area contributed by atoms with Gasteiger partial charge in [-0.25, -0.2) is 9.36 Å². The molecule has 0 spiro atoms. The van der Waals surface area contributed by atoms with Gasteiger partial charge in [0.2, 0.25) is 0 Å². The van der Waals surface area contributed by atoms with Crippen LogP contribution >= 0.6 is 51.9 Å². The first-order chi connectivity index (χ1) is 13.6. The maximum atomic E-state index is 11.9. The fourth-order valence-electron chi connectivity index (χ4n) is 2.06. The minimum atomic E-state index is -0.321. The molecular weight excluding hydrogens is 512 g/mol. The zero-order valence-corrected chi connectivity index (χ0v) is 22.1. The molecule has 2 aromatic heterocycles. The van der Waals surface area contributed by atoms with Crippen molar-refractivity contribution in [3.05, 3.63) is 54.3 Å². The molecule has 0 aliphatic rings. The summed E-state index contributed by atoms with van der Waals surface area (Å²) in [6, 6.07) is 0. The predicted octanol–water partition coefficient (Wildman–Crippen LogP) is 4.69. The molecule has 0 aromatic carbocycles. The third-order valence-corrected chi connectivity index (χ3v) is 4.86. The Hall–Kier alpha value is -0.965. The molecule has 30 heavy (non-hydrogen) atoms. The second-order valence-corrected chi connectivity index (χ2v) is 9.72. The zero-order valence-electron chi connectivity index (χ0n) is 18.1. The summed E-state index contributed by atoms with van der Waals surface area (Å²) in [5.74, 6) is 0. The van der Waals surface area contributed by atoms with Crippen molar-refractivity contribution in [3.63, 3.8) is 0 Å². The van der Waals surface area contributed by atoms with E-state index in [1.165, 1.54) is 21.8 Å². The number of alkyl halides is 1. The van der Waals surface area contributed by atoms with E-state index in [2.05, 4.69) is 50.9 Å². The molecule has 2 aromatic rings. The molecule has 12 heteroatoms. The second-order valence-electron chi connectivity index (χ2n) is 8.11. The fourth-order valence-corrected chi connectivity index (χ4v) is 3.08. The summed E-state index contributed by atoms with van der Waals surface area (Å²) in [4.78, 5) is 23.5. The summed E-state index contributed by atoms with van der Waals surface area (Å²) in [7, 11) is 4.34. The maximum absolute atomic E-state index is 11.9. The molecule has 7 nitrogen and oxygen atoms in total. The Kier molecular flexibility index (Phi) is 11.8. The van der Waals surface area contributed by atoms with Crippen molar-refractivity contribution in [1.29, 1.82) is 0 Å².